The maximum atomic E-state index is 12.7. The van der Waals surface area contributed by atoms with Gasteiger partial charge in [-0.3, -0.25) is 9.69 Å². The number of amides is 2. The molecule has 1 aromatic rings. The minimum Gasteiger partial charge on any atom is -0.458 e. The maximum absolute atomic E-state index is 12.7. The number of carbonyl (C=O) groups excluding carboxylic acids is 3. The number of ether oxygens (including phenoxy) is 2. The molecule has 10 nitrogen and oxygen atoms in total. The predicted molar refractivity (Wildman–Crippen MR) is 111 cm³/mol. The van der Waals surface area contributed by atoms with Crippen molar-refractivity contribution in [2.75, 3.05) is 0 Å². The molecule has 32 heavy (non-hydrogen) atoms. The summed E-state index contributed by atoms with van der Waals surface area (Å²) in [5, 5.41) is 22.0. The van der Waals surface area contributed by atoms with E-state index in [-0.39, 0.29) is 19.4 Å². The second kappa shape index (κ2) is 9.43. The molecule has 2 aliphatic heterocycles. The van der Waals surface area contributed by atoms with E-state index < -0.39 is 54.1 Å². The van der Waals surface area contributed by atoms with Gasteiger partial charge in [-0.25, -0.2) is 14.4 Å². The van der Waals surface area contributed by atoms with Crippen molar-refractivity contribution in [3.05, 3.63) is 35.9 Å². The molecule has 0 bridgehead atoms. The van der Waals surface area contributed by atoms with Crippen LogP contribution in [-0.2, 0) is 30.5 Å². The van der Waals surface area contributed by atoms with Crippen molar-refractivity contribution in [3.8, 4) is 0 Å². The second-order valence-corrected chi connectivity index (χ2v) is 8.97. The Morgan fingerprint density at radius 1 is 1.16 bits per heavy atom. The first-order valence-corrected chi connectivity index (χ1v) is 10.6. The van der Waals surface area contributed by atoms with Gasteiger partial charge in [0.15, 0.2) is 6.23 Å². The fourth-order valence-corrected chi connectivity index (χ4v) is 3.70. The molecule has 0 radical (unpaired) electrons. The molecule has 2 fully saturated rings. The summed E-state index contributed by atoms with van der Waals surface area (Å²) >= 11 is 0. The molecule has 2 N–H and O–H groups in total. The zero-order valence-electron chi connectivity index (χ0n) is 18.6. The van der Waals surface area contributed by atoms with Crippen LogP contribution in [0.1, 0.15) is 46.1 Å². The van der Waals surface area contributed by atoms with Gasteiger partial charge in [0.1, 0.15) is 30.5 Å². The van der Waals surface area contributed by atoms with Crippen molar-refractivity contribution in [3.63, 3.8) is 0 Å². The third kappa shape index (κ3) is 5.20. The lowest BCUT2D eigenvalue weighted by molar-refractivity contribution is -0.315. The lowest BCUT2D eigenvalue weighted by atomic mass is 10.0. The van der Waals surface area contributed by atoms with E-state index in [4.69, 9.17) is 14.3 Å². The van der Waals surface area contributed by atoms with Gasteiger partial charge in [-0.1, -0.05) is 30.3 Å². The largest absolute Gasteiger partial charge is 0.458 e. The van der Waals surface area contributed by atoms with Crippen LogP contribution in [0.4, 0.5) is 4.79 Å². The molecule has 0 aromatic heterocycles. The van der Waals surface area contributed by atoms with Crippen LogP contribution < -0.4 is 0 Å². The summed E-state index contributed by atoms with van der Waals surface area (Å²) in [6, 6.07) is 7.03. The molecule has 0 saturated carbocycles. The zero-order chi connectivity index (χ0) is 23.6. The van der Waals surface area contributed by atoms with Crippen LogP contribution in [0.15, 0.2) is 30.3 Å². The normalized spacial score (nSPS) is 28.6. The number of hydrogen-bond acceptors (Lipinski definition) is 8. The summed E-state index contributed by atoms with van der Waals surface area (Å²) in [5.74, 6) is -1.10. The smallest absolute Gasteiger partial charge is 0.434 e. The molecular weight excluding hydrogens is 420 g/mol. The van der Waals surface area contributed by atoms with Crippen molar-refractivity contribution >= 4 is 18.0 Å². The second-order valence-electron chi connectivity index (χ2n) is 8.97. The number of carbonyl (C=O) groups is 3. The molecule has 2 heterocycles. The molecule has 2 amide bonds. The Bertz CT molecular complexity index is 840. The number of nitrogens with zero attached hydrogens (tertiary/aromatic N) is 2. The van der Waals surface area contributed by atoms with E-state index in [2.05, 4.69) is 0 Å². The topological polar surface area (TPSA) is 126 Å². The van der Waals surface area contributed by atoms with E-state index in [1.54, 1.807) is 45.0 Å². The zero-order valence-corrected chi connectivity index (χ0v) is 18.6. The highest BCUT2D eigenvalue weighted by Crippen LogP contribution is 2.31. The van der Waals surface area contributed by atoms with Crippen molar-refractivity contribution < 1.29 is 38.9 Å². The Balaban J connectivity index is 1.76. The molecular formula is C22H30N2O8. The molecule has 2 saturated heterocycles. The van der Waals surface area contributed by atoms with Crippen LogP contribution in [0, 0.1) is 0 Å². The number of benzene rings is 1. The fourth-order valence-electron chi connectivity index (χ4n) is 3.70. The first kappa shape index (κ1) is 24.0. The predicted octanol–water partition coefficient (Wildman–Crippen LogP) is 1.34. The molecule has 10 heteroatoms. The maximum Gasteiger partial charge on any atom is 0.434 e. The number of rotatable bonds is 4. The Hall–Kier alpha value is -2.69. The molecule has 5 atom stereocenters. The van der Waals surface area contributed by atoms with E-state index in [0.717, 1.165) is 15.5 Å². The summed E-state index contributed by atoms with van der Waals surface area (Å²) in [7, 11) is 0. The molecule has 2 aliphatic rings. The highest BCUT2D eigenvalue weighted by atomic mass is 16.8. The monoisotopic (exact) mass is 450 g/mol. The number of esters is 1. The SMILES string of the molecule is C[C@@H]1[C@@H](O)[C@@H](O)[C@H](N2C(=O)CC[C@@H]2C(=O)OC(C)(C)C)ON1C(=O)OCc1ccccc1. The number of hydroxylamine groups is 2. The van der Waals surface area contributed by atoms with Crippen molar-refractivity contribution in [2.24, 2.45) is 0 Å². The summed E-state index contributed by atoms with van der Waals surface area (Å²) in [6.45, 7) is 6.55. The Morgan fingerprint density at radius 2 is 1.81 bits per heavy atom. The van der Waals surface area contributed by atoms with Gasteiger partial charge in [0.2, 0.25) is 5.91 Å². The van der Waals surface area contributed by atoms with Crippen molar-refractivity contribution in [1.82, 2.24) is 9.96 Å². The van der Waals surface area contributed by atoms with Crippen LogP contribution >= 0.6 is 0 Å². The third-order valence-corrected chi connectivity index (χ3v) is 5.32. The lowest BCUT2D eigenvalue weighted by Gasteiger charge is -2.46. The van der Waals surface area contributed by atoms with Gasteiger partial charge in [-0.05, 0) is 39.7 Å². The molecule has 176 valence electrons. The van der Waals surface area contributed by atoms with Gasteiger partial charge >= 0.3 is 12.1 Å². The minimum atomic E-state index is -1.55. The highest BCUT2D eigenvalue weighted by molar-refractivity contribution is 5.88. The Kier molecular flexibility index (Phi) is 7.06. The lowest BCUT2D eigenvalue weighted by Crippen LogP contribution is -2.66. The molecule has 0 unspecified atom stereocenters. The van der Waals surface area contributed by atoms with Gasteiger partial charge in [0.25, 0.3) is 0 Å². The standard InChI is InChI=1S/C22H30N2O8/c1-13-17(26)18(27)19(23-15(10-11-16(23)25)20(28)31-22(2,3)4)32-24(13)21(29)30-12-14-8-6-5-7-9-14/h5-9,13,15,17-19,26-27H,10-12H2,1-4H3/t13-,15-,17-,18-,19-/m1/s1. The van der Waals surface area contributed by atoms with Crippen LogP contribution in [0.3, 0.4) is 0 Å². The molecule has 1 aromatic carbocycles. The minimum absolute atomic E-state index is 0.0290. The van der Waals surface area contributed by atoms with Crippen LogP contribution in [-0.4, -0.2) is 74.3 Å². The average Bonchev–Trinajstić information content (AvgIpc) is 3.11. The average molecular weight is 450 g/mol. The van der Waals surface area contributed by atoms with E-state index in [1.807, 2.05) is 6.07 Å². The van der Waals surface area contributed by atoms with E-state index in [9.17, 15) is 24.6 Å². The van der Waals surface area contributed by atoms with Gasteiger partial charge < -0.3 is 19.7 Å². The van der Waals surface area contributed by atoms with Crippen LogP contribution in [0.5, 0.6) is 0 Å². The number of aliphatic hydroxyl groups excluding tert-OH is 2. The summed E-state index contributed by atoms with van der Waals surface area (Å²) in [6.07, 6.45) is -5.12. The molecule has 3 rings (SSSR count). The van der Waals surface area contributed by atoms with E-state index in [0.29, 0.717) is 0 Å². The summed E-state index contributed by atoms with van der Waals surface area (Å²) in [5.41, 5.74) is -0.0239. The Labute approximate surface area is 186 Å². The number of hydrogen-bond donors (Lipinski definition) is 2. The van der Waals surface area contributed by atoms with Gasteiger partial charge in [0.05, 0.1) is 6.04 Å². The van der Waals surface area contributed by atoms with E-state index >= 15 is 0 Å². The Morgan fingerprint density at radius 3 is 2.44 bits per heavy atom. The van der Waals surface area contributed by atoms with Gasteiger partial charge in [-0.2, -0.15) is 5.06 Å². The van der Waals surface area contributed by atoms with Gasteiger partial charge in [-0.15, -0.1) is 0 Å². The van der Waals surface area contributed by atoms with Crippen molar-refractivity contribution in [1.29, 1.82) is 0 Å². The van der Waals surface area contributed by atoms with Crippen LogP contribution in [0.2, 0.25) is 0 Å². The van der Waals surface area contributed by atoms with Gasteiger partial charge in [0, 0.05) is 6.42 Å². The van der Waals surface area contributed by atoms with E-state index in [1.165, 1.54) is 6.92 Å². The number of likely N-dealkylation sites (tertiary alicyclic amines) is 1. The van der Waals surface area contributed by atoms with Crippen molar-refractivity contribution in [2.45, 2.75) is 83.3 Å². The molecule has 0 aliphatic carbocycles. The molecule has 0 spiro atoms. The van der Waals surface area contributed by atoms with Crippen LogP contribution in [0.25, 0.3) is 0 Å². The third-order valence-electron chi connectivity index (χ3n) is 5.32. The number of aliphatic hydroxyl groups is 2. The summed E-state index contributed by atoms with van der Waals surface area (Å²) in [4.78, 5) is 44.6. The first-order chi connectivity index (χ1) is 15.0. The highest BCUT2D eigenvalue weighted by Gasteiger charge is 2.52. The quantitative estimate of drug-likeness (QED) is 0.659. The first-order valence-electron chi connectivity index (χ1n) is 10.6. The fraction of sp³-hybridized carbons (Fsp3) is 0.591. The summed E-state index contributed by atoms with van der Waals surface area (Å²) < 4.78 is 10.7.